The number of benzene rings is 2. The van der Waals surface area contributed by atoms with Crippen molar-refractivity contribution in [1.29, 1.82) is 0 Å². The van der Waals surface area contributed by atoms with Crippen LogP contribution in [-0.2, 0) is 11.2 Å². The second kappa shape index (κ2) is 10.6. The molecule has 3 rings (SSSR count). The highest BCUT2D eigenvalue weighted by molar-refractivity contribution is 8.07. The molecule has 8 heteroatoms. The van der Waals surface area contributed by atoms with E-state index in [0.717, 1.165) is 16.9 Å². The minimum Gasteiger partial charge on any atom is -0.309 e. The number of aromatic nitrogens is 2. The van der Waals surface area contributed by atoms with E-state index in [4.69, 9.17) is 4.98 Å². The molecule has 0 aliphatic rings. The zero-order chi connectivity index (χ0) is 22.2. The molecule has 0 fully saturated rings. The number of rotatable bonds is 8. The number of anilines is 1. The van der Waals surface area contributed by atoms with Gasteiger partial charge >= 0.3 is 0 Å². The minimum absolute atomic E-state index is 0.0927. The summed E-state index contributed by atoms with van der Waals surface area (Å²) in [7, 11) is 0. The monoisotopic (exact) mass is 436 g/mol. The Hall–Kier alpha value is -3.39. The first-order chi connectivity index (χ1) is 15.0. The molecule has 1 N–H and O–H groups in total. The minimum atomic E-state index is -0.348. The second-order valence-electron chi connectivity index (χ2n) is 6.62. The molecule has 0 aliphatic heterocycles. The number of amides is 1. The quantitative estimate of drug-likeness (QED) is 0.439. The first-order valence-electron chi connectivity index (χ1n) is 9.63. The molecule has 1 aromatic heterocycles. The third-order valence-corrected chi connectivity index (χ3v) is 5.22. The number of hydrogen-bond acceptors (Lipinski definition) is 6. The molecule has 0 unspecified atom stereocenters. The van der Waals surface area contributed by atoms with Crippen LogP contribution in [0.4, 0.5) is 15.9 Å². The van der Waals surface area contributed by atoms with Crippen LogP contribution in [0.5, 0.6) is 0 Å². The third kappa shape index (κ3) is 5.82. The summed E-state index contributed by atoms with van der Waals surface area (Å²) in [6, 6.07) is 12.5. The van der Waals surface area contributed by atoms with Gasteiger partial charge in [-0.15, -0.1) is 16.7 Å². The zero-order valence-electron chi connectivity index (χ0n) is 17.1. The van der Waals surface area contributed by atoms with Gasteiger partial charge in [0, 0.05) is 10.5 Å². The maximum atomic E-state index is 13.1. The van der Waals surface area contributed by atoms with Gasteiger partial charge in [0.25, 0.3) is 0 Å². The van der Waals surface area contributed by atoms with Crippen LogP contribution in [0.3, 0.4) is 0 Å². The SMILES string of the molecule is CC/C=C(\SC)c1nc(-c2ccc(N=O)cc2)cnc1NC(=O)Cc1ccc(F)cc1. The van der Waals surface area contributed by atoms with Gasteiger partial charge in [-0.3, -0.25) is 4.79 Å². The van der Waals surface area contributed by atoms with E-state index in [1.54, 1.807) is 42.6 Å². The number of hydrogen-bond donors (Lipinski definition) is 1. The van der Waals surface area contributed by atoms with Gasteiger partial charge in [-0.1, -0.05) is 37.3 Å². The molecule has 2 aromatic carbocycles. The fraction of sp³-hybridized carbons (Fsp3) is 0.174. The van der Waals surface area contributed by atoms with Gasteiger partial charge in [0.1, 0.15) is 17.2 Å². The first kappa shape index (κ1) is 22.3. The van der Waals surface area contributed by atoms with Gasteiger partial charge in [-0.05, 0) is 47.7 Å². The summed E-state index contributed by atoms with van der Waals surface area (Å²) >= 11 is 1.51. The van der Waals surface area contributed by atoms with Gasteiger partial charge in [0.2, 0.25) is 5.91 Å². The molecule has 1 amide bonds. The van der Waals surface area contributed by atoms with Crippen LogP contribution in [0.25, 0.3) is 16.2 Å². The van der Waals surface area contributed by atoms with Crippen molar-refractivity contribution in [2.45, 2.75) is 19.8 Å². The Labute approximate surface area is 184 Å². The van der Waals surface area contributed by atoms with E-state index in [-0.39, 0.29) is 18.1 Å². The Bertz CT molecular complexity index is 1100. The maximum absolute atomic E-state index is 13.1. The lowest BCUT2D eigenvalue weighted by molar-refractivity contribution is -0.115. The van der Waals surface area contributed by atoms with Crippen molar-refractivity contribution in [2.24, 2.45) is 5.18 Å². The van der Waals surface area contributed by atoms with Crippen LogP contribution in [0.15, 0.2) is 66.0 Å². The molecule has 0 saturated heterocycles. The molecule has 0 atom stereocenters. The molecule has 6 nitrogen and oxygen atoms in total. The zero-order valence-corrected chi connectivity index (χ0v) is 17.9. The predicted octanol–water partition coefficient (Wildman–Crippen LogP) is 5.98. The van der Waals surface area contributed by atoms with E-state index in [9.17, 15) is 14.1 Å². The number of carbonyl (C=O) groups is 1. The van der Waals surface area contributed by atoms with Crippen LogP contribution in [0.2, 0.25) is 0 Å². The van der Waals surface area contributed by atoms with Crippen molar-refractivity contribution in [3.63, 3.8) is 0 Å². The number of allylic oxidation sites excluding steroid dienone is 1. The molecule has 0 aliphatic carbocycles. The molecular formula is C23H21FN4O2S. The highest BCUT2D eigenvalue weighted by Crippen LogP contribution is 2.31. The molecule has 158 valence electrons. The summed E-state index contributed by atoms with van der Waals surface area (Å²) in [5.41, 5.74) is 2.99. The number of halogens is 1. The number of carbonyl (C=O) groups excluding carboxylic acids is 1. The van der Waals surface area contributed by atoms with Crippen molar-refractivity contribution < 1.29 is 9.18 Å². The van der Waals surface area contributed by atoms with Crippen LogP contribution in [0.1, 0.15) is 24.6 Å². The Kier molecular flexibility index (Phi) is 7.61. The van der Waals surface area contributed by atoms with E-state index < -0.39 is 0 Å². The molecule has 0 bridgehead atoms. The average Bonchev–Trinajstić information content (AvgIpc) is 2.79. The highest BCUT2D eigenvalue weighted by Gasteiger charge is 2.16. The Morgan fingerprint density at radius 3 is 2.48 bits per heavy atom. The van der Waals surface area contributed by atoms with Crippen molar-refractivity contribution >= 4 is 34.1 Å². The Morgan fingerprint density at radius 1 is 1.16 bits per heavy atom. The van der Waals surface area contributed by atoms with E-state index in [1.165, 1.54) is 23.9 Å². The van der Waals surface area contributed by atoms with Gasteiger partial charge in [0.15, 0.2) is 5.82 Å². The van der Waals surface area contributed by atoms with Crippen molar-refractivity contribution in [3.8, 4) is 11.3 Å². The lowest BCUT2D eigenvalue weighted by Gasteiger charge is -2.13. The fourth-order valence-corrected chi connectivity index (χ4v) is 3.58. The second-order valence-corrected chi connectivity index (χ2v) is 7.47. The number of nitrogens with zero attached hydrogens (tertiary/aromatic N) is 3. The van der Waals surface area contributed by atoms with E-state index in [2.05, 4.69) is 15.5 Å². The largest absolute Gasteiger partial charge is 0.309 e. The van der Waals surface area contributed by atoms with E-state index >= 15 is 0 Å². The molecule has 3 aromatic rings. The van der Waals surface area contributed by atoms with Crippen molar-refractivity contribution in [1.82, 2.24) is 9.97 Å². The molecular weight excluding hydrogens is 415 g/mol. The molecule has 1 heterocycles. The number of nitroso groups, excluding NO2 is 1. The summed E-state index contributed by atoms with van der Waals surface area (Å²) in [5, 5.41) is 5.73. The normalized spacial score (nSPS) is 11.3. The van der Waals surface area contributed by atoms with Gasteiger partial charge in [-0.25, -0.2) is 14.4 Å². The Balaban J connectivity index is 1.92. The molecule has 0 saturated carbocycles. The smallest absolute Gasteiger partial charge is 0.230 e. The van der Waals surface area contributed by atoms with Gasteiger partial charge < -0.3 is 5.32 Å². The maximum Gasteiger partial charge on any atom is 0.230 e. The molecule has 31 heavy (non-hydrogen) atoms. The standard InChI is InChI=1S/C23H21FN4O2S/c1-3-4-20(31-2)22-23(27-21(29)13-15-5-9-17(24)10-6-15)25-14-19(26-22)16-7-11-18(28-30)12-8-16/h4-12,14H,3,13H2,1-2H3,(H,25,27,29)/b20-4-. The lowest BCUT2D eigenvalue weighted by Crippen LogP contribution is -2.17. The summed E-state index contributed by atoms with van der Waals surface area (Å²) in [6.07, 6.45) is 6.42. The van der Waals surface area contributed by atoms with Crippen LogP contribution >= 0.6 is 11.8 Å². The fourth-order valence-electron chi connectivity index (χ4n) is 2.91. The Morgan fingerprint density at radius 2 is 1.87 bits per heavy atom. The van der Waals surface area contributed by atoms with E-state index in [1.807, 2.05) is 19.3 Å². The highest BCUT2D eigenvalue weighted by atomic mass is 32.2. The van der Waals surface area contributed by atoms with Crippen LogP contribution < -0.4 is 5.32 Å². The average molecular weight is 437 g/mol. The van der Waals surface area contributed by atoms with E-state index in [0.29, 0.717) is 28.5 Å². The van der Waals surface area contributed by atoms with Gasteiger partial charge in [-0.2, -0.15) is 0 Å². The number of thioether (sulfide) groups is 1. The topological polar surface area (TPSA) is 84.3 Å². The van der Waals surface area contributed by atoms with Gasteiger partial charge in [0.05, 0.1) is 18.3 Å². The summed E-state index contributed by atoms with van der Waals surface area (Å²) in [4.78, 5) is 33.3. The van der Waals surface area contributed by atoms with Crippen LogP contribution in [0, 0.1) is 10.7 Å². The van der Waals surface area contributed by atoms with Crippen molar-refractivity contribution in [3.05, 3.63) is 82.8 Å². The van der Waals surface area contributed by atoms with Crippen LogP contribution in [-0.4, -0.2) is 22.1 Å². The van der Waals surface area contributed by atoms with Crippen molar-refractivity contribution in [2.75, 3.05) is 11.6 Å². The number of nitrogens with one attached hydrogen (secondary N) is 1. The lowest BCUT2D eigenvalue weighted by atomic mass is 10.1. The summed E-state index contributed by atoms with van der Waals surface area (Å²) in [6.45, 7) is 2.02. The first-order valence-corrected chi connectivity index (χ1v) is 10.9. The third-order valence-electron chi connectivity index (χ3n) is 4.42. The summed E-state index contributed by atoms with van der Waals surface area (Å²) < 4.78 is 13.1. The molecule has 0 radical (unpaired) electrons. The predicted molar refractivity (Wildman–Crippen MR) is 123 cm³/mol. The summed E-state index contributed by atoms with van der Waals surface area (Å²) in [5.74, 6) is -0.261. The molecule has 0 spiro atoms.